The maximum Gasteiger partial charge on any atom is 0.188 e. The molecule has 0 N–H and O–H groups in total. The molecule has 12 aromatic rings. The molecule has 73 heavy (non-hydrogen) atoms. The SMILES string of the molecule is [C-]#[N+]c1ccc2c(c1)c1cc(C(C)(C)C)ccc1n2-c1c(-c2ccccc2)cc(-c2nc(-c3ccc(-c4ccccc4)cc3)nc(-c3cc(-c4ccccc4)cc(-c4ccccc4)c3)n2)cc1-c1ccccc1. The average molecular weight is 936 g/mol. The van der Waals surface area contributed by atoms with E-state index in [4.69, 9.17) is 21.5 Å². The maximum atomic E-state index is 8.02. The van der Waals surface area contributed by atoms with Crippen LogP contribution < -0.4 is 0 Å². The molecule has 0 unspecified atom stereocenters. The van der Waals surface area contributed by atoms with Gasteiger partial charge in [-0.2, -0.15) is 0 Å². The molecule has 0 atom stereocenters. The number of fused-ring (bicyclic) bond motifs is 3. The quantitative estimate of drug-likeness (QED) is 0.136. The molecule has 0 aliphatic rings. The van der Waals surface area contributed by atoms with Crippen molar-refractivity contribution in [3.8, 4) is 95.5 Å². The topological polar surface area (TPSA) is 48.0 Å². The number of hydrogen-bond acceptors (Lipinski definition) is 3. The van der Waals surface area contributed by atoms with Gasteiger partial charge in [-0.05, 0) is 115 Å². The predicted octanol–water partition coefficient (Wildman–Crippen LogP) is 18.2. The summed E-state index contributed by atoms with van der Waals surface area (Å²) in [5.41, 5.74) is 18.2. The largest absolute Gasteiger partial charge is 0.308 e. The Morgan fingerprint density at radius 1 is 0.342 bits per heavy atom. The normalized spacial score (nSPS) is 11.5. The summed E-state index contributed by atoms with van der Waals surface area (Å²) in [7, 11) is 0. The van der Waals surface area contributed by atoms with Crippen LogP contribution in [0.1, 0.15) is 26.3 Å². The van der Waals surface area contributed by atoms with Gasteiger partial charge in [0.1, 0.15) is 0 Å². The molecule has 0 radical (unpaired) electrons. The van der Waals surface area contributed by atoms with Crippen LogP contribution >= 0.6 is 0 Å². The first-order valence-electron chi connectivity index (χ1n) is 24.7. The van der Waals surface area contributed by atoms with E-state index in [-0.39, 0.29) is 5.41 Å². The number of benzene rings is 10. The van der Waals surface area contributed by atoms with Crippen LogP contribution in [0.2, 0.25) is 0 Å². The summed E-state index contributed by atoms with van der Waals surface area (Å²) in [5.74, 6) is 1.70. The average Bonchev–Trinajstić information content (AvgIpc) is 3.78. The highest BCUT2D eigenvalue weighted by atomic mass is 15.0. The molecule has 5 heteroatoms. The highest BCUT2D eigenvalue weighted by molar-refractivity contribution is 6.12. The summed E-state index contributed by atoms with van der Waals surface area (Å²) in [6, 6.07) is 85.2. The van der Waals surface area contributed by atoms with Gasteiger partial charge in [0.15, 0.2) is 23.2 Å². The second kappa shape index (κ2) is 18.7. The Morgan fingerprint density at radius 2 is 0.712 bits per heavy atom. The van der Waals surface area contributed by atoms with Crippen LogP contribution in [0.3, 0.4) is 0 Å². The van der Waals surface area contributed by atoms with E-state index < -0.39 is 0 Å². The molecule has 12 rings (SSSR count). The fourth-order valence-corrected chi connectivity index (χ4v) is 10.0. The highest BCUT2D eigenvalue weighted by Crippen LogP contribution is 2.45. The third-order valence-electron chi connectivity index (χ3n) is 13.8. The van der Waals surface area contributed by atoms with Crippen molar-refractivity contribution in [3.63, 3.8) is 0 Å². The lowest BCUT2D eigenvalue weighted by molar-refractivity contribution is 0.591. The zero-order valence-corrected chi connectivity index (χ0v) is 40.8. The number of nitrogens with zero attached hydrogens (tertiary/aromatic N) is 5. The summed E-state index contributed by atoms with van der Waals surface area (Å²) in [6.45, 7) is 14.8. The lowest BCUT2D eigenvalue weighted by Gasteiger charge is -2.22. The van der Waals surface area contributed by atoms with E-state index in [1.54, 1.807) is 0 Å². The summed E-state index contributed by atoms with van der Waals surface area (Å²) in [6.07, 6.45) is 0. The number of rotatable bonds is 9. The van der Waals surface area contributed by atoms with Crippen molar-refractivity contribution in [1.29, 1.82) is 0 Å². The van der Waals surface area contributed by atoms with E-state index in [1.807, 2.05) is 30.3 Å². The van der Waals surface area contributed by atoms with E-state index in [2.05, 4.69) is 243 Å². The van der Waals surface area contributed by atoms with E-state index in [1.165, 1.54) is 5.56 Å². The molecule has 0 fully saturated rings. The van der Waals surface area contributed by atoms with Gasteiger partial charge < -0.3 is 4.57 Å². The van der Waals surface area contributed by atoms with Crippen molar-refractivity contribution in [1.82, 2.24) is 19.5 Å². The zero-order chi connectivity index (χ0) is 49.5. The van der Waals surface area contributed by atoms with Crippen molar-refractivity contribution < 1.29 is 0 Å². The minimum absolute atomic E-state index is 0.0791. The Labute approximate surface area is 426 Å². The lowest BCUT2D eigenvalue weighted by atomic mass is 9.86. The first-order valence-corrected chi connectivity index (χ1v) is 24.7. The van der Waals surface area contributed by atoms with Crippen LogP contribution in [0.25, 0.3) is 122 Å². The van der Waals surface area contributed by atoms with Gasteiger partial charge in [-0.25, -0.2) is 19.8 Å². The van der Waals surface area contributed by atoms with Gasteiger partial charge in [0.05, 0.1) is 23.3 Å². The monoisotopic (exact) mass is 935 g/mol. The molecule has 346 valence electrons. The van der Waals surface area contributed by atoms with Crippen LogP contribution in [0, 0.1) is 6.57 Å². The Balaban J connectivity index is 1.15. The Hall–Kier alpha value is -9.50. The molecule has 5 nitrogen and oxygen atoms in total. The van der Waals surface area contributed by atoms with Crippen molar-refractivity contribution in [2.24, 2.45) is 0 Å². The summed E-state index contributed by atoms with van der Waals surface area (Å²) in [5, 5.41) is 2.14. The van der Waals surface area contributed by atoms with Crippen LogP contribution in [0.15, 0.2) is 243 Å². The molecule has 0 bridgehead atoms. The lowest BCUT2D eigenvalue weighted by Crippen LogP contribution is -2.10. The molecular weight excluding hydrogens is 887 g/mol. The van der Waals surface area contributed by atoms with Crippen LogP contribution in [0.4, 0.5) is 5.69 Å². The molecule has 0 spiro atoms. The van der Waals surface area contributed by atoms with Crippen molar-refractivity contribution in [2.45, 2.75) is 26.2 Å². The Kier molecular flexibility index (Phi) is 11.4. The summed E-state index contributed by atoms with van der Waals surface area (Å²) in [4.78, 5) is 20.2. The molecule has 2 heterocycles. The van der Waals surface area contributed by atoms with E-state index in [9.17, 15) is 0 Å². The zero-order valence-electron chi connectivity index (χ0n) is 40.8. The fourth-order valence-electron chi connectivity index (χ4n) is 10.0. The predicted molar refractivity (Wildman–Crippen MR) is 303 cm³/mol. The van der Waals surface area contributed by atoms with Gasteiger partial charge in [0, 0.05) is 33.2 Å². The second-order valence-electron chi connectivity index (χ2n) is 19.6. The van der Waals surface area contributed by atoms with Crippen molar-refractivity contribution in [2.75, 3.05) is 0 Å². The third kappa shape index (κ3) is 8.66. The highest BCUT2D eigenvalue weighted by Gasteiger charge is 2.25. The minimum Gasteiger partial charge on any atom is -0.308 e. The van der Waals surface area contributed by atoms with Gasteiger partial charge in [-0.3, -0.25) is 0 Å². The van der Waals surface area contributed by atoms with E-state index in [0.717, 1.165) is 99.8 Å². The van der Waals surface area contributed by atoms with E-state index in [0.29, 0.717) is 23.2 Å². The summed E-state index contributed by atoms with van der Waals surface area (Å²) < 4.78 is 2.40. The molecule has 0 saturated carbocycles. The summed E-state index contributed by atoms with van der Waals surface area (Å²) >= 11 is 0. The first kappa shape index (κ1) is 44.7. The second-order valence-corrected chi connectivity index (χ2v) is 19.6. The van der Waals surface area contributed by atoms with Gasteiger partial charge in [0.2, 0.25) is 0 Å². The van der Waals surface area contributed by atoms with E-state index >= 15 is 0 Å². The number of aromatic nitrogens is 4. The Morgan fingerprint density at radius 3 is 1.18 bits per heavy atom. The number of hydrogen-bond donors (Lipinski definition) is 0. The smallest absolute Gasteiger partial charge is 0.188 e. The molecule has 0 saturated heterocycles. The van der Waals surface area contributed by atoms with Crippen LogP contribution in [-0.2, 0) is 5.41 Å². The van der Waals surface area contributed by atoms with Crippen molar-refractivity contribution >= 4 is 27.5 Å². The van der Waals surface area contributed by atoms with Gasteiger partial charge >= 0.3 is 0 Å². The molecular formula is C68H49N5. The molecule has 2 aromatic heterocycles. The van der Waals surface area contributed by atoms with Gasteiger partial charge in [0.25, 0.3) is 0 Å². The van der Waals surface area contributed by atoms with Gasteiger partial charge in [-0.1, -0.05) is 209 Å². The first-order chi connectivity index (χ1) is 35.8. The Bertz CT molecular complexity index is 3900. The third-order valence-corrected chi connectivity index (χ3v) is 13.8. The molecule has 0 aliphatic carbocycles. The standard InChI is InChI=1S/C68H49N5/c1-68(2,3)56-34-36-62-60(43-56)61-44-57(69-4)35-37-63(61)73(62)64-58(49-26-16-8-17-27-49)41-55(42-59(64)50-28-18-9-19-29-50)67-71-65(51-32-30-48(31-33-51)45-20-10-5-11-21-45)70-66(72-67)54-39-52(46-22-12-6-13-23-46)38-53(40-54)47-24-14-7-15-25-47/h5-44H,1-3H3. The van der Waals surface area contributed by atoms with Crippen LogP contribution in [0.5, 0.6) is 0 Å². The molecule has 10 aromatic carbocycles. The molecule has 0 aliphatic heterocycles. The van der Waals surface area contributed by atoms with Crippen molar-refractivity contribution in [3.05, 3.63) is 260 Å². The molecule has 0 amide bonds. The van der Waals surface area contributed by atoms with Gasteiger partial charge in [-0.15, -0.1) is 0 Å². The maximum absolute atomic E-state index is 8.02. The minimum atomic E-state index is -0.0791. The van der Waals surface area contributed by atoms with Crippen LogP contribution in [-0.4, -0.2) is 19.5 Å². The fraction of sp³-hybridized carbons (Fsp3) is 0.0588.